The average molecular weight is 384 g/mol. The molecule has 2 atom stereocenters. The van der Waals surface area contributed by atoms with Crippen LogP contribution in [0, 0.1) is 0 Å². The van der Waals surface area contributed by atoms with Gasteiger partial charge >= 0.3 is 0 Å². The second-order valence-corrected chi connectivity index (χ2v) is 7.79. The summed E-state index contributed by atoms with van der Waals surface area (Å²) in [5.41, 5.74) is 3.61. The molecule has 0 saturated carbocycles. The third-order valence-electron chi connectivity index (χ3n) is 5.28. The Hall–Kier alpha value is -1.87. The summed E-state index contributed by atoms with van der Waals surface area (Å²) in [4.78, 5) is 15.6. The fourth-order valence-electron chi connectivity index (χ4n) is 4.03. The van der Waals surface area contributed by atoms with Crippen LogP contribution in [0.5, 0.6) is 0 Å². The van der Waals surface area contributed by atoms with Crippen LogP contribution in [-0.2, 0) is 4.79 Å². The highest BCUT2D eigenvalue weighted by molar-refractivity contribution is 6.31. The predicted molar refractivity (Wildman–Crippen MR) is 108 cm³/mol. The zero-order valence-electron chi connectivity index (χ0n) is 14.5. The van der Waals surface area contributed by atoms with Gasteiger partial charge in [-0.3, -0.25) is 9.69 Å². The molecule has 2 aliphatic heterocycles. The maximum Gasteiger partial charge on any atom is 0.188 e. The lowest BCUT2D eigenvalue weighted by atomic mass is 9.88. The summed E-state index contributed by atoms with van der Waals surface area (Å²) in [6.45, 7) is 0. The largest absolute Gasteiger partial charge is 0.292 e. The number of fused-ring (bicyclic) bond motifs is 2. The Kier molecular flexibility index (Phi) is 4.74. The number of ketones is 1. The van der Waals surface area contributed by atoms with E-state index < -0.39 is 0 Å². The van der Waals surface area contributed by atoms with E-state index in [0.29, 0.717) is 10.0 Å². The molecule has 0 unspecified atom stereocenters. The Morgan fingerprint density at radius 2 is 1.35 bits per heavy atom. The van der Waals surface area contributed by atoms with E-state index in [0.717, 1.165) is 35.1 Å². The Bertz CT molecular complexity index is 858. The number of carbonyl (C=O) groups is 1. The van der Waals surface area contributed by atoms with Gasteiger partial charge in [-0.1, -0.05) is 47.5 Å². The van der Waals surface area contributed by atoms with E-state index in [2.05, 4.69) is 11.9 Å². The molecular weight excluding hydrogens is 365 g/mol. The van der Waals surface area contributed by atoms with Crippen LogP contribution in [0.1, 0.15) is 24.0 Å². The summed E-state index contributed by atoms with van der Waals surface area (Å²) in [5, 5.41) is 1.35. The van der Waals surface area contributed by atoms with Gasteiger partial charge in [0.1, 0.15) is 0 Å². The Morgan fingerprint density at radius 1 is 0.885 bits per heavy atom. The summed E-state index contributed by atoms with van der Waals surface area (Å²) in [7, 11) is 2.10. The van der Waals surface area contributed by atoms with E-state index in [1.165, 1.54) is 0 Å². The minimum absolute atomic E-state index is 0.135. The molecule has 0 radical (unpaired) electrons. The van der Waals surface area contributed by atoms with Crippen LogP contribution in [0.3, 0.4) is 0 Å². The maximum atomic E-state index is 13.3. The van der Waals surface area contributed by atoms with Crippen LogP contribution >= 0.6 is 23.2 Å². The number of halogens is 2. The van der Waals surface area contributed by atoms with Crippen molar-refractivity contribution in [1.29, 1.82) is 0 Å². The van der Waals surface area contributed by atoms with Crippen LogP contribution in [0.2, 0.25) is 10.0 Å². The number of rotatable bonds is 2. The molecule has 4 heteroatoms. The first-order valence-electron chi connectivity index (χ1n) is 8.74. The second-order valence-electron chi connectivity index (χ2n) is 6.91. The highest BCUT2D eigenvalue weighted by Gasteiger charge is 2.44. The number of piperidine rings is 1. The lowest BCUT2D eigenvalue weighted by Gasteiger charge is -2.34. The van der Waals surface area contributed by atoms with Gasteiger partial charge in [0.15, 0.2) is 5.78 Å². The molecule has 2 aromatic carbocycles. The normalized spacial score (nSPS) is 26.0. The third-order valence-corrected chi connectivity index (χ3v) is 5.75. The zero-order valence-corrected chi connectivity index (χ0v) is 16.0. The number of carbonyl (C=O) groups excluding carboxylic acids is 1. The van der Waals surface area contributed by atoms with Crippen LogP contribution in [-0.4, -0.2) is 29.8 Å². The molecule has 0 amide bonds. The topological polar surface area (TPSA) is 20.3 Å². The number of likely N-dealkylation sites (N-methyl/N-ethyl adjacent to an activating group) is 1. The lowest BCUT2D eigenvalue weighted by Crippen LogP contribution is -2.43. The van der Waals surface area contributed by atoms with Crippen LogP contribution in [0.15, 0.2) is 59.7 Å². The van der Waals surface area contributed by atoms with Gasteiger partial charge in [0.05, 0.1) is 0 Å². The molecule has 2 fully saturated rings. The van der Waals surface area contributed by atoms with Gasteiger partial charge in [-0.15, -0.1) is 0 Å². The maximum absolute atomic E-state index is 13.3. The first kappa shape index (κ1) is 17.5. The zero-order chi connectivity index (χ0) is 18.3. The van der Waals surface area contributed by atoms with Gasteiger partial charge in [0, 0.05) is 33.3 Å². The number of hydrogen-bond acceptors (Lipinski definition) is 2. The monoisotopic (exact) mass is 383 g/mol. The van der Waals surface area contributed by atoms with Gasteiger partial charge in [-0.25, -0.2) is 0 Å². The van der Waals surface area contributed by atoms with Gasteiger partial charge in [0.2, 0.25) is 0 Å². The number of hydrogen-bond donors (Lipinski definition) is 0. The molecule has 2 bridgehead atoms. The van der Waals surface area contributed by atoms with Crippen molar-refractivity contribution in [1.82, 2.24) is 4.90 Å². The van der Waals surface area contributed by atoms with Gasteiger partial charge in [-0.05, 0) is 67.4 Å². The highest BCUT2D eigenvalue weighted by atomic mass is 35.5. The summed E-state index contributed by atoms with van der Waals surface area (Å²) >= 11 is 12.2. The van der Waals surface area contributed by atoms with Crippen molar-refractivity contribution in [2.45, 2.75) is 24.9 Å². The number of benzene rings is 2. The lowest BCUT2D eigenvalue weighted by molar-refractivity contribution is -0.114. The first-order valence-corrected chi connectivity index (χ1v) is 9.49. The van der Waals surface area contributed by atoms with Gasteiger partial charge in [-0.2, -0.15) is 0 Å². The molecular formula is C22H19Cl2NO. The second kappa shape index (κ2) is 7.03. The summed E-state index contributed by atoms with van der Waals surface area (Å²) in [5.74, 6) is 0.135. The number of nitrogens with zero attached hydrogens (tertiary/aromatic N) is 1. The summed E-state index contributed by atoms with van der Waals surface area (Å²) < 4.78 is 0. The first-order chi connectivity index (χ1) is 12.5. The molecule has 0 N–H and O–H groups in total. The van der Waals surface area contributed by atoms with E-state index in [9.17, 15) is 4.79 Å². The Balaban J connectivity index is 1.78. The molecule has 0 aliphatic carbocycles. The Morgan fingerprint density at radius 3 is 1.77 bits per heavy atom. The minimum atomic E-state index is 0.135. The summed E-state index contributed by atoms with van der Waals surface area (Å²) in [6.07, 6.45) is 5.96. The third kappa shape index (κ3) is 3.25. The predicted octanol–water partition coefficient (Wildman–Crippen LogP) is 5.51. The molecule has 132 valence electrons. The quantitative estimate of drug-likeness (QED) is 0.637. The standard InChI is InChI=1S/C22H19Cl2NO/c1-25-20-8-9-21(25)19(13-15-5-3-7-17(24)11-15)22(26)18(20)12-14-4-2-6-16(23)10-14/h2-7,10-13,20-21H,8-9H2,1H3/b18-12+,19-13+/t20-,21-/m0/s1. The molecule has 2 saturated heterocycles. The van der Waals surface area contributed by atoms with Crippen molar-refractivity contribution in [2.75, 3.05) is 7.05 Å². The SMILES string of the molecule is CN1[C@H]2CC[C@H]1/C(=C\c1cccc(Cl)c1)C(=O)/C2=C/c1cccc(Cl)c1. The van der Waals surface area contributed by atoms with Crippen LogP contribution in [0.4, 0.5) is 0 Å². The summed E-state index contributed by atoms with van der Waals surface area (Å²) in [6, 6.07) is 15.6. The van der Waals surface area contributed by atoms with E-state index in [4.69, 9.17) is 23.2 Å². The van der Waals surface area contributed by atoms with Crippen molar-refractivity contribution < 1.29 is 4.79 Å². The van der Waals surface area contributed by atoms with Gasteiger partial charge < -0.3 is 0 Å². The van der Waals surface area contributed by atoms with E-state index in [1.54, 1.807) is 0 Å². The van der Waals surface area contributed by atoms with Crippen LogP contribution in [0.25, 0.3) is 12.2 Å². The highest BCUT2D eigenvalue weighted by Crippen LogP contribution is 2.40. The fraction of sp³-hybridized carbons (Fsp3) is 0.227. The van der Waals surface area contributed by atoms with E-state index in [-0.39, 0.29) is 17.9 Å². The average Bonchev–Trinajstić information content (AvgIpc) is 2.92. The smallest absolute Gasteiger partial charge is 0.188 e. The van der Waals surface area contributed by atoms with E-state index >= 15 is 0 Å². The van der Waals surface area contributed by atoms with E-state index in [1.807, 2.05) is 60.7 Å². The van der Waals surface area contributed by atoms with Crippen molar-refractivity contribution in [3.05, 3.63) is 80.8 Å². The van der Waals surface area contributed by atoms with Crippen molar-refractivity contribution in [3.8, 4) is 0 Å². The molecule has 2 aliphatic rings. The van der Waals surface area contributed by atoms with Crippen molar-refractivity contribution >= 4 is 41.1 Å². The molecule has 2 heterocycles. The molecule has 26 heavy (non-hydrogen) atoms. The van der Waals surface area contributed by atoms with Crippen molar-refractivity contribution in [2.24, 2.45) is 0 Å². The molecule has 2 nitrogen and oxygen atoms in total. The van der Waals surface area contributed by atoms with Crippen LogP contribution < -0.4 is 0 Å². The molecule has 0 spiro atoms. The molecule has 4 rings (SSSR count). The minimum Gasteiger partial charge on any atom is -0.292 e. The van der Waals surface area contributed by atoms with Crippen molar-refractivity contribution in [3.63, 3.8) is 0 Å². The molecule has 2 aromatic rings. The van der Waals surface area contributed by atoms with Gasteiger partial charge in [0.25, 0.3) is 0 Å². The fourth-order valence-corrected chi connectivity index (χ4v) is 4.43. The Labute approximate surface area is 163 Å². The number of Topliss-reactive ketones (excluding diaryl/α,β-unsaturated/α-hetero) is 1. The molecule has 0 aromatic heterocycles.